The molecule has 3 aromatic rings. The third kappa shape index (κ3) is 2.17. The maximum absolute atomic E-state index is 13.4. The highest BCUT2D eigenvalue weighted by Crippen LogP contribution is 2.51. The first-order valence-electron chi connectivity index (χ1n) is 9.30. The van der Waals surface area contributed by atoms with Gasteiger partial charge >= 0.3 is 0 Å². The zero-order valence-corrected chi connectivity index (χ0v) is 15.8. The fourth-order valence-corrected chi connectivity index (χ4v) is 4.40. The van der Waals surface area contributed by atoms with Gasteiger partial charge in [-0.15, -0.1) is 0 Å². The molecule has 140 valence electrons. The van der Waals surface area contributed by atoms with E-state index in [2.05, 4.69) is 22.5 Å². The van der Waals surface area contributed by atoms with Crippen LogP contribution in [0.25, 0.3) is 0 Å². The average molecular weight is 372 g/mol. The number of aromatic nitrogens is 2. The molecule has 0 bridgehead atoms. The van der Waals surface area contributed by atoms with E-state index in [1.807, 2.05) is 43.3 Å². The van der Waals surface area contributed by atoms with E-state index in [0.29, 0.717) is 12.4 Å². The van der Waals surface area contributed by atoms with Crippen molar-refractivity contribution in [1.29, 1.82) is 0 Å². The van der Waals surface area contributed by atoms with E-state index in [-0.39, 0.29) is 18.2 Å². The van der Waals surface area contributed by atoms with Crippen LogP contribution in [0.15, 0.2) is 54.7 Å². The van der Waals surface area contributed by atoms with Gasteiger partial charge in [0.15, 0.2) is 0 Å². The first kappa shape index (κ1) is 16.7. The number of carbonyl (C=O) groups excluding carboxylic acids is 2. The lowest BCUT2D eigenvalue weighted by molar-refractivity contribution is -0.126. The third-order valence-corrected chi connectivity index (χ3v) is 5.83. The molecule has 0 saturated carbocycles. The molecular weight excluding hydrogens is 352 g/mol. The predicted molar refractivity (Wildman–Crippen MR) is 106 cm³/mol. The maximum Gasteiger partial charge on any atom is 0.242 e. The molecule has 0 fully saturated rings. The standard InChI is InChI=1S/C22H20N4O2/c1-14-7-9-15(10-8-14)13-26-20-17(12-23-26)22(11-19(27)24-20)16-5-3-4-6-18(16)25(2)21(22)28/h3-10,12H,11,13H2,1-2H3,(H,24,27). The van der Waals surface area contributed by atoms with Gasteiger partial charge in [-0.1, -0.05) is 48.0 Å². The number of para-hydroxylation sites is 1. The average Bonchev–Trinajstić information content (AvgIpc) is 3.18. The Morgan fingerprint density at radius 3 is 2.61 bits per heavy atom. The van der Waals surface area contributed by atoms with Gasteiger partial charge in [0.25, 0.3) is 0 Å². The Labute approximate surface area is 162 Å². The molecule has 0 saturated heterocycles. The van der Waals surface area contributed by atoms with Crippen LogP contribution in [0.1, 0.15) is 28.7 Å². The van der Waals surface area contributed by atoms with Crippen molar-refractivity contribution < 1.29 is 9.59 Å². The lowest BCUT2D eigenvalue weighted by atomic mass is 9.72. The highest BCUT2D eigenvalue weighted by Gasteiger charge is 2.56. The first-order valence-corrected chi connectivity index (χ1v) is 9.30. The number of nitrogens with zero attached hydrogens (tertiary/aromatic N) is 3. The number of aryl methyl sites for hydroxylation is 1. The summed E-state index contributed by atoms with van der Waals surface area (Å²) in [5, 5.41) is 7.48. The number of fused-ring (bicyclic) bond motifs is 4. The summed E-state index contributed by atoms with van der Waals surface area (Å²) in [6.45, 7) is 2.57. The van der Waals surface area contributed by atoms with E-state index in [1.165, 1.54) is 5.56 Å². The minimum atomic E-state index is -1.01. The molecular formula is C22H20N4O2. The number of carbonyl (C=O) groups is 2. The summed E-state index contributed by atoms with van der Waals surface area (Å²) in [5.74, 6) is 0.353. The van der Waals surface area contributed by atoms with Crippen LogP contribution in [0.2, 0.25) is 0 Å². The van der Waals surface area contributed by atoms with Crippen molar-refractivity contribution in [1.82, 2.24) is 9.78 Å². The van der Waals surface area contributed by atoms with E-state index in [0.717, 1.165) is 22.4 Å². The number of amides is 2. The topological polar surface area (TPSA) is 67.2 Å². The molecule has 6 nitrogen and oxygen atoms in total. The van der Waals surface area contributed by atoms with Gasteiger partial charge in [0.1, 0.15) is 11.2 Å². The van der Waals surface area contributed by atoms with Gasteiger partial charge in [0.05, 0.1) is 12.7 Å². The lowest BCUT2D eigenvalue weighted by Crippen LogP contribution is -2.45. The van der Waals surface area contributed by atoms with Gasteiger partial charge in [-0.05, 0) is 24.1 Å². The van der Waals surface area contributed by atoms with Crippen LogP contribution in [0.3, 0.4) is 0 Å². The minimum absolute atomic E-state index is 0.0836. The zero-order chi connectivity index (χ0) is 19.5. The Morgan fingerprint density at radius 1 is 1.07 bits per heavy atom. The smallest absolute Gasteiger partial charge is 0.242 e. The quantitative estimate of drug-likeness (QED) is 0.752. The molecule has 1 spiro atoms. The number of rotatable bonds is 2. The SMILES string of the molecule is Cc1ccc(Cn2ncc3c2NC(=O)CC32C(=O)N(C)c3ccccc32)cc1. The molecule has 1 N–H and O–H groups in total. The molecule has 6 heteroatoms. The summed E-state index contributed by atoms with van der Waals surface area (Å²) < 4.78 is 1.77. The molecule has 2 aliphatic rings. The van der Waals surface area contributed by atoms with E-state index >= 15 is 0 Å². The van der Waals surface area contributed by atoms with Crippen molar-refractivity contribution in [2.24, 2.45) is 0 Å². The number of hydrogen-bond acceptors (Lipinski definition) is 3. The second-order valence-electron chi connectivity index (χ2n) is 7.56. The summed E-state index contributed by atoms with van der Waals surface area (Å²) in [6, 6.07) is 15.9. The summed E-state index contributed by atoms with van der Waals surface area (Å²) in [4.78, 5) is 27.7. The molecule has 2 aromatic carbocycles. The summed E-state index contributed by atoms with van der Waals surface area (Å²) in [6.07, 6.45) is 1.83. The van der Waals surface area contributed by atoms with Crippen LogP contribution in [0, 0.1) is 6.92 Å². The zero-order valence-electron chi connectivity index (χ0n) is 15.8. The van der Waals surface area contributed by atoms with Crippen LogP contribution in [-0.4, -0.2) is 28.6 Å². The summed E-state index contributed by atoms with van der Waals surface area (Å²) >= 11 is 0. The van der Waals surface area contributed by atoms with Gasteiger partial charge in [0.2, 0.25) is 11.8 Å². The van der Waals surface area contributed by atoms with Crippen LogP contribution in [0.4, 0.5) is 11.5 Å². The minimum Gasteiger partial charge on any atom is -0.314 e. The second-order valence-corrected chi connectivity index (χ2v) is 7.56. The number of hydrogen-bond donors (Lipinski definition) is 1. The fourth-order valence-electron chi connectivity index (χ4n) is 4.40. The second kappa shape index (κ2) is 5.79. The summed E-state index contributed by atoms with van der Waals surface area (Å²) in [7, 11) is 1.76. The molecule has 0 aliphatic carbocycles. The predicted octanol–water partition coefficient (Wildman–Crippen LogP) is 2.84. The highest BCUT2D eigenvalue weighted by atomic mass is 16.2. The fraction of sp³-hybridized carbons (Fsp3) is 0.227. The number of anilines is 2. The van der Waals surface area contributed by atoms with Crippen molar-refractivity contribution in [3.63, 3.8) is 0 Å². The Hall–Kier alpha value is -3.41. The van der Waals surface area contributed by atoms with Crippen LogP contribution < -0.4 is 10.2 Å². The van der Waals surface area contributed by atoms with Crippen LogP contribution in [-0.2, 0) is 21.5 Å². The van der Waals surface area contributed by atoms with E-state index < -0.39 is 5.41 Å². The number of likely N-dealkylation sites (N-methyl/N-ethyl adjacent to an activating group) is 1. The molecule has 1 unspecified atom stereocenters. The Balaban J connectivity index is 1.66. The van der Waals surface area contributed by atoms with E-state index in [9.17, 15) is 9.59 Å². The molecule has 1 aromatic heterocycles. The van der Waals surface area contributed by atoms with Gasteiger partial charge in [-0.3, -0.25) is 9.59 Å². The Morgan fingerprint density at radius 2 is 1.82 bits per heavy atom. The van der Waals surface area contributed by atoms with Crippen LogP contribution in [0.5, 0.6) is 0 Å². The normalized spacial score (nSPS) is 20.3. The van der Waals surface area contributed by atoms with Crippen molar-refractivity contribution in [2.45, 2.75) is 25.3 Å². The number of nitrogens with one attached hydrogen (secondary N) is 1. The Kier molecular flexibility index (Phi) is 3.46. The highest BCUT2D eigenvalue weighted by molar-refractivity contribution is 6.15. The molecule has 2 amide bonds. The number of benzene rings is 2. The molecule has 2 aliphatic heterocycles. The van der Waals surface area contributed by atoms with E-state index in [1.54, 1.807) is 22.8 Å². The lowest BCUT2D eigenvalue weighted by Gasteiger charge is -2.32. The van der Waals surface area contributed by atoms with Gasteiger partial charge < -0.3 is 10.2 Å². The first-order chi connectivity index (χ1) is 13.5. The van der Waals surface area contributed by atoms with Gasteiger partial charge in [0, 0.05) is 24.7 Å². The third-order valence-electron chi connectivity index (χ3n) is 5.83. The van der Waals surface area contributed by atoms with Crippen molar-refractivity contribution in [3.8, 4) is 0 Å². The van der Waals surface area contributed by atoms with Gasteiger partial charge in [-0.2, -0.15) is 5.10 Å². The largest absolute Gasteiger partial charge is 0.314 e. The molecule has 28 heavy (non-hydrogen) atoms. The molecule has 5 rings (SSSR count). The summed E-state index contributed by atoms with van der Waals surface area (Å²) in [5.41, 5.74) is 3.75. The molecule has 0 radical (unpaired) electrons. The maximum atomic E-state index is 13.4. The Bertz CT molecular complexity index is 1120. The van der Waals surface area contributed by atoms with Crippen molar-refractivity contribution in [2.75, 3.05) is 17.3 Å². The van der Waals surface area contributed by atoms with E-state index in [4.69, 9.17) is 0 Å². The van der Waals surface area contributed by atoms with Crippen molar-refractivity contribution >= 4 is 23.3 Å². The van der Waals surface area contributed by atoms with Crippen molar-refractivity contribution in [3.05, 3.63) is 77.0 Å². The molecule has 1 atom stereocenters. The monoisotopic (exact) mass is 372 g/mol. The van der Waals surface area contributed by atoms with Crippen LogP contribution >= 0.6 is 0 Å². The molecule has 3 heterocycles. The van der Waals surface area contributed by atoms with Gasteiger partial charge in [-0.25, -0.2) is 4.68 Å².